The van der Waals surface area contributed by atoms with Crippen LogP contribution in [0.25, 0.3) is 27.9 Å². The summed E-state index contributed by atoms with van der Waals surface area (Å²) < 4.78 is 1.79. The van der Waals surface area contributed by atoms with Crippen LogP contribution >= 0.6 is 12.2 Å². The first-order chi connectivity index (χ1) is 12.8. The van der Waals surface area contributed by atoms with Gasteiger partial charge in [-0.15, -0.1) is 5.10 Å². The molecule has 0 saturated heterocycles. The lowest BCUT2D eigenvalue weighted by Crippen LogP contribution is -1.97. The second-order valence-electron chi connectivity index (χ2n) is 5.76. The molecule has 0 saturated carbocycles. The summed E-state index contributed by atoms with van der Waals surface area (Å²) >= 11 is 4.88. The third-order valence-corrected chi connectivity index (χ3v) is 4.34. The number of rotatable bonds is 4. The number of aromatic nitrogens is 2. The van der Waals surface area contributed by atoms with Gasteiger partial charge in [0.25, 0.3) is 0 Å². The van der Waals surface area contributed by atoms with Crippen LogP contribution in [-0.4, -0.2) is 15.1 Å². The quantitative estimate of drug-likeness (QED) is 0.529. The molecule has 124 valence electrons. The number of nitrogens with zero attached hydrogens (tertiary/aromatic N) is 3. The number of hydrogen-bond acceptors (Lipinski definition) is 3. The SMILES string of the molecule is N#Cc1c(NC=S)nn2c(-c3ccccc3)cc(-c3ccccc3)cc12. The average molecular weight is 354 g/mol. The van der Waals surface area contributed by atoms with Gasteiger partial charge in [-0.1, -0.05) is 72.9 Å². The first-order valence-electron chi connectivity index (χ1n) is 8.09. The predicted octanol–water partition coefficient (Wildman–Crippen LogP) is 4.91. The molecular weight excluding hydrogens is 340 g/mol. The van der Waals surface area contributed by atoms with Gasteiger partial charge in [-0.2, -0.15) is 5.26 Å². The topological polar surface area (TPSA) is 53.1 Å². The van der Waals surface area contributed by atoms with Crippen LogP contribution in [-0.2, 0) is 0 Å². The van der Waals surface area contributed by atoms with Crippen LogP contribution < -0.4 is 5.32 Å². The van der Waals surface area contributed by atoms with Gasteiger partial charge in [-0.25, -0.2) is 4.52 Å². The molecule has 0 amide bonds. The van der Waals surface area contributed by atoms with Gasteiger partial charge in [0.1, 0.15) is 11.6 Å². The zero-order valence-electron chi connectivity index (χ0n) is 13.8. The Morgan fingerprint density at radius 1 is 0.923 bits per heavy atom. The normalized spacial score (nSPS) is 10.4. The molecule has 0 bridgehead atoms. The molecule has 5 heteroatoms. The maximum atomic E-state index is 9.66. The van der Waals surface area contributed by atoms with E-state index in [9.17, 15) is 5.26 Å². The Labute approximate surface area is 156 Å². The molecule has 2 aromatic heterocycles. The van der Waals surface area contributed by atoms with Crippen molar-refractivity contribution in [3.05, 3.63) is 78.4 Å². The van der Waals surface area contributed by atoms with Crippen LogP contribution in [0.15, 0.2) is 72.8 Å². The summed E-state index contributed by atoms with van der Waals surface area (Å²) in [6.45, 7) is 0. The average Bonchev–Trinajstić information content (AvgIpc) is 3.06. The second kappa shape index (κ2) is 6.79. The minimum Gasteiger partial charge on any atom is -0.335 e. The van der Waals surface area contributed by atoms with Crippen molar-refractivity contribution >= 4 is 29.0 Å². The van der Waals surface area contributed by atoms with Crippen molar-refractivity contribution < 1.29 is 0 Å². The maximum Gasteiger partial charge on any atom is 0.171 e. The Hall–Kier alpha value is -3.49. The van der Waals surface area contributed by atoms with Gasteiger partial charge >= 0.3 is 0 Å². The van der Waals surface area contributed by atoms with E-state index in [1.54, 1.807) is 4.52 Å². The summed E-state index contributed by atoms with van der Waals surface area (Å²) in [4.78, 5) is 0. The molecule has 0 fully saturated rings. The highest BCUT2D eigenvalue weighted by Crippen LogP contribution is 2.31. The fourth-order valence-corrected chi connectivity index (χ4v) is 3.14. The summed E-state index contributed by atoms with van der Waals surface area (Å²) in [5, 5.41) is 17.1. The van der Waals surface area contributed by atoms with E-state index in [2.05, 4.69) is 34.7 Å². The van der Waals surface area contributed by atoms with Crippen molar-refractivity contribution in [1.29, 1.82) is 5.26 Å². The van der Waals surface area contributed by atoms with Gasteiger partial charge in [-0.05, 0) is 23.3 Å². The third-order valence-electron chi connectivity index (χ3n) is 4.22. The Bertz CT molecular complexity index is 1130. The summed E-state index contributed by atoms with van der Waals surface area (Å²) in [5.74, 6) is 0.463. The molecule has 4 rings (SSSR count). The lowest BCUT2D eigenvalue weighted by atomic mass is 10.0. The lowest BCUT2D eigenvalue weighted by molar-refractivity contribution is 0.976. The van der Waals surface area contributed by atoms with Crippen molar-refractivity contribution in [1.82, 2.24) is 9.61 Å². The number of pyridine rings is 1. The number of nitrogens with one attached hydrogen (secondary N) is 1. The highest BCUT2D eigenvalue weighted by Gasteiger charge is 2.17. The van der Waals surface area contributed by atoms with E-state index in [0.29, 0.717) is 11.4 Å². The molecule has 0 radical (unpaired) electrons. The molecule has 0 atom stereocenters. The standard InChI is InChI=1S/C21H14N4S/c22-13-18-20-12-17(15-7-3-1-4-8-15)11-19(16-9-5-2-6-10-16)25(20)24-21(18)23-14-26/h1-12,14H,(H,23,24,26). The molecule has 0 unspecified atom stereocenters. The van der Waals surface area contributed by atoms with Crippen LogP contribution in [0.3, 0.4) is 0 Å². The van der Waals surface area contributed by atoms with Gasteiger partial charge in [0.2, 0.25) is 0 Å². The predicted molar refractivity (Wildman–Crippen MR) is 108 cm³/mol. The Balaban J connectivity index is 2.07. The zero-order chi connectivity index (χ0) is 17.9. The van der Waals surface area contributed by atoms with Crippen molar-refractivity contribution in [2.24, 2.45) is 0 Å². The fourth-order valence-electron chi connectivity index (χ4n) is 3.02. The Morgan fingerprint density at radius 2 is 1.58 bits per heavy atom. The van der Waals surface area contributed by atoms with Crippen LogP contribution in [0, 0.1) is 11.3 Å². The zero-order valence-corrected chi connectivity index (χ0v) is 14.6. The molecule has 26 heavy (non-hydrogen) atoms. The van der Waals surface area contributed by atoms with Gasteiger partial charge in [-0.3, -0.25) is 0 Å². The second-order valence-corrected chi connectivity index (χ2v) is 5.99. The number of nitriles is 1. The molecule has 1 N–H and O–H groups in total. The number of fused-ring (bicyclic) bond motifs is 1. The minimum absolute atomic E-state index is 0.463. The van der Waals surface area contributed by atoms with Gasteiger partial charge < -0.3 is 5.32 Å². The molecule has 4 nitrogen and oxygen atoms in total. The third kappa shape index (κ3) is 2.73. The highest BCUT2D eigenvalue weighted by atomic mass is 32.1. The highest BCUT2D eigenvalue weighted by molar-refractivity contribution is 7.79. The van der Waals surface area contributed by atoms with Crippen molar-refractivity contribution in [3.8, 4) is 28.5 Å². The van der Waals surface area contributed by atoms with Gasteiger partial charge in [0, 0.05) is 5.56 Å². The molecule has 0 aliphatic carbocycles. The number of benzene rings is 2. The molecular formula is C21H14N4S. The van der Waals surface area contributed by atoms with Gasteiger partial charge in [0.15, 0.2) is 5.82 Å². The first kappa shape index (κ1) is 16.0. The molecule has 2 heterocycles. The van der Waals surface area contributed by atoms with E-state index in [-0.39, 0.29) is 0 Å². The summed E-state index contributed by atoms with van der Waals surface area (Å²) in [6, 6.07) is 26.4. The fraction of sp³-hybridized carbons (Fsp3) is 0. The first-order valence-corrected chi connectivity index (χ1v) is 8.57. The molecule has 0 aliphatic heterocycles. The van der Waals surface area contributed by atoms with Crippen LogP contribution in [0.4, 0.5) is 5.82 Å². The minimum atomic E-state index is 0.463. The summed E-state index contributed by atoms with van der Waals surface area (Å²) in [6.07, 6.45) is 0. The lowest BCUT2D eigenvalue weighted by Gasteiger charge is -2.09. The number of thiocarbonyl (C=S) groups is 1. The maximum absolute atomic E-state index is 9.66. The van der Waals surface area contributed by atoms with Gasteiger partial charge in [0.05, 0.1) is 16.7 Å². The largest absolute Gasteiger partial charge is 0.335 e. The number of hydrogen-bond donors (Lipinski definition) is 1. The smallest absolute Gasteiger partial charge is 0.171 e. The molecule has 2 aromatic carbocycles. The van der Waals surface area contributed by atoms with E-state index >= 15 is 0 Å². The Kier molecular flexibility index (Phi) is 4.18. The van der Waals surface area contributed by atoms with E-state index in [0.717, 1.165) is 27.9 Å². The van der Waals surface area contributed by atoms with Crippen LogP contribution in [0.2, 0.25) is 0 Å². The number of anilines is 1. The van der Waals surface area contributed by atoms with E-state index < -0.39 is 0 Å². The van der Waals surface area contributed by atoms with E-state index in [4.69, 9.17) is 12.2 Å². The van der Waals surface area contributed by atoms with Crippen molar-refractivity contribution in [3.63, 3.8) is 0 Å². The van der Waals surface area contributed by atoms with Crippen LogP contribution in [0.1, 0.15) is 5.56 Å². The molecule has 0 aliphatic rings. The van der Waals surface area contributed by atoms with E-state index in [1.807, 2.05) is 54.6 Å². The summed E-state index contributed by atoms with van der Waals surface area (Å²) in [5.41, 5.74) is 6.63. The van der Waals surface area contributed by atoms with Crippen molar-refractivity contribution in [2.45, 2.75) is 0 Å². The monoisotopic (exact) mass is 354 g/mol. The Morgan fingerprint density at radius 3 is 2.19 bits per heavy atom. The van der Waals surface area contributed by atoms with E-state index in [1.165, 1.54) is 5.49 Å². The summed E-state index contributed by atoms with van der Waals surface area (Å²) in [7, 11) is 0. The van der Waals surface area contributed by atoms with Crippen LogP contribution in [0.5, 0.6) is 0 Å². The molecule has 4 aromatic rings. The van der Waals surface area contributed by atoms with Crippen molar-refractivity contribution in [2.75, 3.05) is 5.32 Å². The molecule has 0 spiro atoms.